The van der Waals surface area contributed by atoms with Crippen LogP contribution in [0.3, 0.4) is 0 Å². The number of likely N-dealkylation sites (N-methyl/N-ethyl adjacent to an activating group) is 1. The first-order valence-corrected chi connectivity index (χ1v) is 8.55. The molecule has 20 heavy (non-hydrogen) atoms. The second kappa shape index (κ2) is 9.01. The maximum atomic E-state index is 3.65. The van der Waals surface area contributed by atoms with Crippen LogP contribution >= 0.6 is 0 Å². The first-order valence-electron chi connectivity index (χ1n) is 8.55. The molecule has 3 nitrogen and oxygen atoms in total. The van der Waals surface area contributed by atoms with Crippen LogP contribution in [-0.2, 0) is 0 Å². The minimum Gasteiger partial charge on any atom is -0.316 e. The maximum absolute atomic E-state index is 3.65. The minimum atomic E-state index is 0.522. The second-order valence-corrected chi connectivity index (χ2v) is 7.46. The Kier molecular flexibility index (Phi) is 8.08. The Hall–Kier alpha value is -0.120. The van der Waals surface area contributed by atoms with E-state index in [1.165, 1.54) is 65.0 Å². The molecule has 1 atom stereocenters. The molecule has 0 aromatic heterocycles. The molecule has 0 spiro atoms. The Morgan fingerprint density at radius 2 is 1.95 bits per heavy atom. The van der Waals surface area contributed by atoms with Gasteiger partial charge in [-0.1, -0.05) is 27.2 Å². The smallest absolute Gasteiger partial charge is 0.0109 e. The summed E-state index contributed by atoms with van der Waals surface area (Å²) in [7, 11) is 4.36. The second-order valence-electron chi connectivity index (χ2n) is 7.46. The van der Waals surface area contributed by atoms with Crippen LogP contribution in [0, 0.1) is 11.3 Å². The van der Waals surface area contributed by atoms with Crippen molar-refractivity contribution in [3.63, 3.8) is 0 Å². The molecule has 0 bridgehead atoms. The van der Waals surface area contributed by atoms with Crippen molar-refractivity contribution >= 4 is 0 Å². The summed E-state index contributed by atoms with van der Waals surface area (Å²) in [5, 5.41) is 3.65. The molecule has 120 valence electrons. The lowest BCUT2D eigenvalue weighted by atomic mass is 9.76. The molecule has 0 aromatic carbocycles. The number of piperidine rings is 1. The predicted molar refractivity (Wildman–Crippen MR) is 89.3 cm³/mol. The number of hydrogen-bond donors (Lipinski definition) is 1. The van der Waals surface area contributed by atoms with Crippen LogP contribution in [0.15, 0.2) is 0 Å². The van der Waals surface area contributed by atoms with Crippen LogP contribution in [0.25, 0.3) is 0 Å². The van der Waals surface area contributed by atoms with Crippen molar-refractivity contribution in [2.45, 2.75) is 46.5 Å². The van der Waals surface area contributed by atoms with Crippen LogP contribution in [0.2, 0.25) is 0 Å². The summed E-state index contributed by atoms with van der Waals surface area (Å²) in [5.74, 6) is 0.757. The standard InChI is InChI=1S/C17H37N3/c1-6-8-17(9-7-10-18-14-17)15-20(13-16(2)3)12-11-19(4)5/h16,18H,6-15H2,1-5H3. The van der Waals surface area contributed by atoms with E-state index >= 15 is 0 Å². The van der Waals surface area contributed by atoms with Crippen molar-refractivity contribution in [2.75, 3.05) is 53.4 Å². The van der Waals surface area contributed by atoms with E-state index in [4.69, 9.17) is 0 Å². The number of nitrogens with zero attached hydrogens (tertiary/aromatic N) is 2. The molecule has 1 aliphatic rings. The van der Waals surface area contributed by atoms with E-state index in [9.17, 15) is 0 Å². The summed E-state index contributed by atoms with van der Waals surface area (Å²) >= 11 is 0. The van der Waals surface area contributed by atoms with Crippen molar-refractivity contribution < 1.29 is 0 Å². The third-order valence-electron chi connectivity index (χ3n) is 4.39. The molecule has 0 aromatic rings. The fourth-order valence-electron chi connectivity index (χ4n) is 3.56. The zero-order valence-corrected chi connectivity index (χ0v) is 14.5. The minimum absolute atomic E-state index is 0.522. The van der Waals surface area contributed by atoms with Crippen molar-refractivity contribution in [3.05, 3.63) is 0 Å². The Morgan fingerprint density at radius 3 is 2.45 bits per heavy atom. The largest absolute Gasteiger partial charge is 0.316 e. The summed E-state index contributed by atoms with van der Waals surface area (Å²) in [5.41, 5.74) is 0.522. The molecule has 1 rings (SSSR count). The van der Waals surface area contributed by atoms with Crippen molar-refractivity contribution in [1.82, 2.24) is 15.1 Å². The zero-order valence-electron chi connectivity index (χ0n) is 14.5. The fraction of sp³-hybridized carbons (Fsp3) is 1.00. The first kappa shape index (κ1) is 17.9. The number of nitrogens with one attached hydrogen (secondary N) is 1. The summed E-state index contributed by atoms with van der Waals surface area (Å²) in [4.78, 5) is 5.02. The van der Waals surface area contributed by atoms with E-state index < -0.39 is 0 Å². The van der Waals surface area contributed by atoms with Gasteiger partial charge in [-0.05, 0) is 51.2 Å². The Balaban J connectivity index is 2.62. The number of rotatable bonds is 9. The van der Waals surface area contributed by atoms with E-state index in [-0.39, 0.29) is 0 Å². The van der Waals surface area contributed by atoms with E-state index in [0.717, 1.165) is 5.92 Å². The average molecular weight is 284 g/mol. The van der Waals surface area contributed by atoms with Crippen molar-refractivity contribution in [1.29, 1.82) is 0 Å². The highest BCUT2D eigenvalue weighted by Crippen LogP contribution is 2.32. The molecule has 1 heterocycles. The monoisotopic (exact) mass is 283 g/mol. The lowest BCUT2D eigenvalue weighted by molar-refractivity contribution is 0.0931. The molecular weight excluding hydrogens is 246 g/mol. The van der Waals surface area contributed by atoms with Gasteiger partial charge in [0.15, 0.2) is 0 Å². The van der Waals surface area contributed by atoms with Crippen LogP contribution in [-0.4, -0.2) is 63.2 Å². The highest BCUT2D eigenvalue weighted by atomic mass is 15.2. The van der Waals surface area contributed by atoms with Crippen LogP contribution < -0.4 is 5.32 Å². The highest BCUT2D eigenvalue weighted by Gasteiger charge is 2.33. The van der Waals surface area contributed by atoms with E-state index in [1.54, 1.807) is 0 Å². The quantitative estimate of drug-likeness (QED) is 0.702. The molecule has 3 heteroatoms. The van der Waals surface area contributed by atoms with Gasteiger partial charge in [-0.2, -0.15) is 0 Å². The van der Waals surface area contributed by atoms with Gasteiger partial charge in [0, 0.05) is 32.7 Å². The van der Waals surface area contributed by atoms with Gasteiger partial charge in [0.05, 0.1) is 0 Å². The number of hydrogen-bond acceptors (Lipinski definition) is 3. The third kappa shape index (κ3) is 6.55. The molecule has 1 saturated heterocycles. The lowest BCUT2D eigenvalue weighted by Crippen LogP contribution is -2.49. The Labute approximate surface area is 127 Å². The zero-order chi connectivity index (χ0) is 15.0. The average Bonchev–Trinajstić information content (AvgIpc) is 2.36. The van der Waals surface area contributed by atoms with Crippen LogP contribution in [0.1, 0.15) is 46.5 Å². The summed E-state index contributed by atoms with van der Waals surface area (Å²) in [6.07, 6.45) is 5.44. The van der Waals surface area contributed by atoms with Gasteiger partial charge >= 0.3 is 0 Å². The van der Waals surface area contributed by atoms with Gasteiger partial charge in [-0.25, -0.2) is 0 Å². The van der Waals surface area contributed by atoms with Gasteiger partial charge in [0.2, 0.25) is 0 Å². The van der Waals surface area contributed by atoms with E-state index in [2.05, 4.69) is 50.0 Å². The van der Waals surface area contributed by atoms with Gasteiger partial charge in [-0.3, -0.25) is 0 Å². The summed E-state index contributed by atoms with van der Waals surface area (Å²) in [6.45, 7) is 14.3. The molecule has 0 amide bonds. The topological polar surface area (TPSA) is 18.5 Å². The van der Waals surface area contributed by atoms with Crippen LogP contribution in [0.4, 0.5) is 0 Å². The summed E-state index contributed by atoms with van der Waals surface area (Å²) < 4.78 is 0. The van der Waals surface area contributed by atoms with Crippen LogP contribution in [0.5, 0.6) is 0 Å². The molecule has 0 saturated carbocycles. The Morgan fingerprint density at radius 1 is 1.20 bits per heavy atom. The lowest BCUT2D eigenvalue weighted by Gasteiger charge is -2.42. The van der Waals surface area contributed by atoms with Crippen molar-refractivity contribution in [3.8, 4) is 0 Å². The normalized spacial score (nSPS) is 24.0. The molecule has 1 N–H and O–H groups in total. The third-order valence-corrected chi connectivity index (χ3v) is 4.39. The fourth-order valence-corrected chi connectivity index (χ4v) is 3.56. The molecule has 1 unspecified atom stereocenters. The van der Waals surface area contributed by atoms with E-state index in [0.29, 0.717) is 5.41 Å². The first-order chi connectivity index (χ1) is 9.47. The van der Waals surface area contributed by atoms with Gasteiger partial charge < -0.3 is 15.1 Å². The molecular formula is C17H37N3. The van der Waals surface area contributed by atoms with E-state index in [1.807, 2.05) is 0 Å². The van der Waals surface area contributed by atoms with Gasteiger partial charge in [0.25, 0.3) is 0 Å². The molecule has 0 radical (unpaired) electrons. The van der Waals surface area contributed by atoms with Gasteiger partial charge in [-0.15, -0.1) is 0 Å². The molecule has 1 fully saturated rings. The summed E-state index contributed by atoms with van der Waals surface area (Å²) in [6, 6.07) is 0. The Bertz CT molecular complexity index is 239. The van der Waals surface area contributed by atoms with Gasteiger partial charge in [0.1, 0.15) is 0 Å². The predicted octanol–water partition coefficient (Wildman–Crippen LogP) is 2.68. The SMILES string of the molecule is CCCC1(CN(CCN(C)C)CC(C)C)CCCNC1. The molecule has 1 aliphatic heterocycles. The molecule has 0 aliphatic carbocycles. The highest BCUT2D eigenvalue weighted by molar-refractivity contribution is 4.88. The maximum Gasteiger partial charge on any atom is 0.0109 e. The van der Waals surface area contributed by atoms with Crippen molar-refractivity contribution in [2.24, 2.45) is 11.3 Å².